The largest absolute Gasteiger partial charge is 0.507 e. The molecule has 1 heterocycles. The second-order valence-corrected chi connectivity index (χ2v) is 8.35. The van der Waals surface area contributed by atoms with E-state index in [4.69, 9.17) is 21.1 Å². The predicted octanol–water partition coefficient (Wildman–Crippen LogP) is 2.31. The molecule has 0 aromatic heterocycles. The number of benzene rings is 2. The number of hydrogen-bond donors (Lipinski definition) is 2. The fourth-order valence-corrected chi connectivity index (χ4v) is 3.97. The van der Waals surface area contributed by atoms with Gasteiger partial charge < -0.3 is 24.4 Å². The number of halogens is 1. The summed E-state index contributed by atoms with van der Waals surface area (Å²) in [6, 6.07) is 10.9. The van der Waals surface area contributed by atoms with Crippen LogP contribution in [-0.2, 0) is 9.59 Å². The van der Waals surface area contributed by atoms with Gasteiger partial charge in [0.2, 0.25) is 0 Å². The Balaban J connectivity index is 2.16. The van der Waals surface area contributed by atoms with E-state index in [0.29, 0.717) is 40.6 Å². The zero-order valence-corrected chi connectivity index (χ0v) is 19.4. The fourth-order valence-electron chi connectivity index (χ4n) is 3.84. The fraction of sp³-hybridized carbons (Fsp3) is 0.333. The lowest BCUT2D eigenvalue weighted by Crippen LogP contribution is -3.05. The van der Waals surface area contributed by atoms with Gasteiger partial charge >= 0.3 is 0 Å². The maximum absolute atomic E-state index is 13.1. The number of quaternary nitrogens is 1. The number of ketones is 1. The van der Waals surface area contributed by atoms with E-state index in [1.165, 1.54) is 16.9 Å². The highest BCUT2D eigenvalue weighted by atomic mass is 35.5. The van der Waals surface area contributed by atoms with Gasteiger partial charge in [0.05, 0.1) is 46.5 Å². The third kappa shape index (κ3) is 4.74. The Labute approximate surface area is 192 Å². The van der Waals surface area contributed by atoms with Crippen LogP contribution in [0.25, 0.3) is 5.76 Å². The van der Waals surface area contributed by atoms with Gasteiger partial charge in [0.15, 0.2) is 0 Å². The molecule has 1 aliphatic heterocycles. The summed E-state index contributed by atoms with van der Waals surface area (Å²) < 4.78 is 10.8. The van der Waals surface area contributed by atoms with Gasteiger partial charge in [0, 0.05) is 35.2 Å². The standard InChI is InChI=1S/C24H27ClN2O5/c1-26(2)12-5-13-27-21(18-11-10-17(31-3)14-19(18)32-4)20(23(29)24(27)30)22(28)15-6-8-16(25)9-7-15/h6-11,14,21,28H,5,12-13H2,1-4H3/p+1/t21-/m1/s1. The van der Waals surface area contributed by atoms with Crippen LogP contribution >= 0.6 is 11.6 Å². The second-order valence-electron chi connectivity index (χ2n) is 7.92. The highest BCUT2D eigenvalue weighted by Gasteiger charge is 2.46. The molecule has 0 saturated carbocycles. The SMILES string of the molecule is COc1ccc([C@@H]2C(=C(O)c3ccc(Cl)cc3)C(=O)C(=O)N2CCC[NH+](C)C)c(OC)c1. The Morgan fingerprint density at radius 1 is 1.09 bits per heavy atom. The molecule has 0 unspecified atom stereocenters. The summed E-state index contributed by atoms with van der Waals surface area (Å²) in [5.41, 5.74) is 1.03. The van der Waals surface area contributed by atoms with E-state index < -0.39 is 17.7 Å². The number of rotatable bonds is 8. The minimum atomic E-state index is -0.788. The highest BCUT2D eigenvalue weighted by Crippen LogP contribution is 2.43. The van der Waals surface area contributed by atoms with Crippen LogP contribution in [0.1, 0.15) is 23.6 Å². The summed E-state index contributed by atoms with van der Waals surface area (Å²) in [6.45, 7) is 1.19. The Morgan fingerprint density at radius 2 is 1.78 bits per heavy atom. The van der Waals surface area contributed by atoms with Gasteiger partial charge in [0.1, 0.15) is 17.3 Å². The van der Waals surface area contributed by atoms with Crippen molar-refractivity contribution in [3.63, 3.8) is 0 Å². The van der Waals surface area contributed by atoms with Crippen LogP contribution in [0, 0.1) is 0 Å². The van der Waals surface area contributed by atoms with Crippen molar-refractivity contribution in [2.75, 3.05) is 41.4 Å². The molecule has 0 bridgehead atoms. The van der Waals surface area contributed by atoms with E-state index in [9.17, 15) is 14.7 Å². The van der Waals surface area contributed by atoms with E-state index in [0.717, 1.165) is 6.54 Å². The summed E-state index contributed by atoms with van der Waals surface area (Å²) in [7, 11) is 7.11. The number of likely N-dealkylation sites (tertiary alicyclic amines) is 1. The Bertz CT molecular complexity index is 1030. The molecule has 1 atom stereocenters. The second kappa shape index (κ2) is 10.1. The molecule has 8 heteroatoms. The molecule has 1 fully saturated rings. The van der Waals surface area contributed by atoms with Crippen molar-refractivity contribution in [3.05, 3.63) is 64.2 Å². The molecule has 2 aromatic rings. The van der Waals surface area contributed by atoms with Gasteiger partial charge in [-0.2, -0.15) is 0 Å². The van der Waals surface area contributed by atoms with Crippen LogP contribution in [0.3, 0.4) is 0 Å². The van der Waals surface area contributed by atoms with Gasteiger partial charge in [-0.25, -0.2) is 0 Å². The average molecular weight is 460 g/mol. The molecule has 2 aromatic carbocycles. The van der Waals surface area contributed by atoms with Crippen LogP contribution in [0.5, 0.6) is 11.5 Å². The number of amides is 1. The van der Waals surface area contributed by atoms with Crippen molar-refractivity contribution in [1.82, 2.24) is 4.90 Å². The van der Waals surface area contributed by atoms with Gasteiger partial charge in [-0.1, -0.05) is 11.6 Å². The van der Waals surface area contributed by atoms with E-state index in [1.807, 2.05) is 14.1 Å². The molecule has 2 N–H and O–H groups in total. The van der Waals surface area contributed by atoms with Crippen molar-refractivity contribution in [2.24, 2.45) is 0 Å². The van der Waals surface area contributed by atoms with Crippen LogP contribution in [0.2, 0.25) is 5.02 Å². The van der Waals surface area contributed by atoms with Crippen molar-refractivity contribution in [3.8, 4) is 11.5 Å². The van der Waals surface area contributed by atoms with Gasteiger partial charge in [0.25, 0.3) is 11.7 Å². The third-order valence-corrected chi connectivity index (χ3v) is 5.72. The molecule has 0 spiro atoms. The smallest absolute Gasteiger partial charge is 0.295 e. The number of aliphatic hydroxyl groups is 1. The van der Waals surface area contributed by atoms with E-state index in [2.05, 4.69) is 0 Å². The van der Waals surface area contributed by atoms with Crippen LogP contribution in [0.4, 0.5) is 0 Å². The number of ether oxygens (including phenoxy) is 2. The summed E-state index contributed by atoms with van der Waals surface area (Å²) in [6.07, 6.45) is 0.700. The lowest BCUT2D eigenvalue weighted by atomic mass is 9.94. The first kappa shape index (κ1) is 23.6. The van der Waals surface area contributed by atoms with E-state index >= 15 is 0 Å². The average Bonchev–Trinajstić information content (AvgIpc) is 3.03. The number of carbonyl (C=O) groups excluding carboxylic acids is 2. The number of carbonyl (C=O) groups is 2. The first-order chi connectivity index (χ1) is 15.3. The Morgan fingerprint density at radius 3 is 2.38 bits per heavy atom. The van der Waals surface area contributed by atoms with Crippen molar-refractivity contribution in [1.29, 1.82) is 0 Å². The zero-order chi connectivity index (χ0) is 23.4. The summed E-state index contributed by atoms with van der Waals surface area (Å²) >= 11 is 5.97. The molecule has 32 heavy (non-hydrogen) atoms. The van der Waals surface area contributed by atoms with Crippen LogP contribution in [-0.4, -0.2) is 63.1 Å². The van der Waals surface area contributed by atoms with Crippen molar-refractivity contribution in [2.45, 2.75) is 12.5 Å². The van der Waals surface area contributed by atoms with Crippen LogP contribution in [0.15, 0.2) is 48.0 Å². The normalized spacial score (nSPS) is 17.8. The molecule has 0 radical (unpaired) electrons. The minimum absolute atomic E-state index is 0.0259. The van der Waals surface area contributed by atoms with Gasteiger partial charge in [-0.05, 0) is 36.4 Å². The number of nitrogens with zero attached hydrogens (tertiary/aromatic N) is 1. The molecular weight excluding hydrogens is 432 g/mol. The first-order valence-electron chi connectivity index (χ1n) is 10.3. The lowest BCUT2D eigenvalue weighted by Gasteiger charge is -2.27. The Hall–Kier alpha value is -3.03. The minimum Gasteiger partial charge on any atom is -0.507 e. The quantitative estimate of drug-likeness (QED) is 0.360. The predicted molar refractivity (Wildman–Crippen MR) is 122 cm³/mol. The first-order valence-corrected chi connectivity index (χ1v) is 10.7. The van der Waals surface area contributed by atoms with Gasteiger partial charge in [-0.15, -0.1) is 0 Å². The summed E-state index contributed by atoms with van der Waals surface area (Å²) in [5, 5.41) is 11.6. The molecule has 1 saturated heterocycles. The topological polar surface area (TPSA) is 80.5 Å². The van der Waals surface area contributed by atoms with E-state index in [1.54, 1.807) is 49.6 Å². The molecule has 7 nitrogen and oxygen atoms in total. The monoisotopic (exact) mass is 459 g/mol. The van der Waals surface area contributed by atoms with E-state index in [-0.39, 0.29) is 11.3 Å². The zero-order valence-electron chi connectivity index (χ0n) is 18.6. The van der Waals surface area contributed by atoms with Gasteiger partial charge in [-0.3, -0.25) is 9.59 Å². The van der Waals surface area contributed by atoms with Crippen LogP contribution < -0.4 is 14.4 Å². The maximum atomic E-state index is 13.1. The number of nitrogens with one attached hydrogen (secondary N) is 1. The van der Waals surface area contributed by atoms with Crippen molar-refractivity contribution >= 4 is 29.1 Å². The highest BCUT2D eigenvalue weighted by molar-refractivity contribution is 6.46. The number of methoxy groups -OCH3 is 2. The molecule has 3 rings (SSSR count). The molecule has 0 aliphatic carbocycles. The molecule has 1 amide bonds. The maximum Gasteiger partial charge on any atom is 0.295 e. The number of aliphatic hydroxyl groups excluding tert-OH is 1. The lowest BCUT2D eigenvalue weighted by molar-refractivity contribution is -0.858. The number of hydrogen-bond acceptors (Lipinski definition) is 5. The molecule has 170 valence electrons. The molecule has 1 aliphatic rings. The summed E-state index contributed by atoms with van der Waals surface area (Å²) in [4.78, 5) is 28.9. The van der Waals surface area contributed by atoms with Crippen molar-refractivity contribution < 1.29 is 29.1 Å². The third-order valence-electron chi connectivity index (χ3n) is 5.47. The molecular formula is C24H28ClN2O5+. The summed E-state index contributed by atoms with van der Waals surface area (Å²) in [5.74, 6) is -0.573. The number of Topliss-reactive ketones (excluding diaryl/α,β-unsaturated/α-hetero) is 1. The Kier molecular flexibility index (Phi) is 7.43.